The molecule has 2 aromatic carbocycles. The van der Waals surface area contributed by atoms with Gasteiger partial charge < -0.3 is 25.4 Å². The molecule has 152 valence electrons. The Kier molecular flexibility index (Phi) is 6.46. The number of benzene rings is 2. The highest BCUT2D eigenvalue weighted by molar-refractivity contribution is 6.05. The summed E-state index contributed by atoms with van der Waals surface area (Å²) in [6, 6.07) is 13.3. The van der Waals surface area contributed by atoms with Gasteiger partial charge in [-0.15, -0.1) is 0 Å². The summed E-state index contributed by atoms with van der Waals surface area (Å²) in [6.07, 6.45) is 0.141. The summed E-state index contributed by atoms with van der Waals surface area (Å²) in [5.41, 5.74) is 1.90. The number of anilines is 3. The highest BCUT2D eigenvalue weighted by Crippen LogP contribution is 2.31. The molecule has 1 aliphatic rings. The predicted octanol–water partition coefficient (Wildman–Crippen LogP) is 2.01. The molecule has 0 fully saturated rings. The van der Waals surface area contributed by atoms with Crippen LogP contribution in [0.4, 0.5) is 17.1 Å². The van der Waals surface area contributed by atoms with Crippen LogP contribution in [-0.2, 0) is 14.3 Å². The molecule has 0 bridgehead atoms. The summed E-state index contributed by atoms with van der Waals surface area (Å²) in [7, 11) is 0. The minimum atomic E-state index is -0.649. The van der Waals surface area contributed by atoms with Crippen LogP contribution in [0, 0.1) is 0 Å². The fraction of sp³-hybridized carbons (Fsp3) is 0.286. The van der Waals surface area contributed by atoms with Gasteiger partial charge in [0, 0.05) is 24.7 Å². The quantitative estimate of drug-likeness (QED) is 0.644. The maximum Gasteiger partial charge on any atom is 0.340 e. The van der Waals surface area contributed by atoms with E-state index in [1.54, 1.807) is 55.5 Å². The van der Waals surface area contributed by atoms with Crippen molar-refractivity contribution in [3.05, 3.63) is 54.1 Å². The van der Waals surface area contributed by atoms with Crippen molar-refractivity contribution in [3.63, 3.8) is 0 Å². The zero-order chi connectivity index (χ0) is 20.8. The fourth-order valence-corrected chi connectivity index (χ4v) is 3.25. The van der Waals surface area contributed by atoms with Crippen LogP contribution in [-0.4, -0.2) is 48.7 Å². The van der Waals surface area contributed by atoms with E-state index in [9.17, 15) is 14.4 Å². The van der Waals surface area contributed by atoms with Crippen molar-refractivity contribution >= 4 is 34.8 Å². The molecular formula is C21H23N3O5. The summed E-state index contributed by atoms with van der Waals surface area (Å²) in [6.45, 7) is 1.52. The van der Waals surface area contributed by atoms with Gasteiger partial charge in [0.25, 0.3) is 5.91 Å². The molecule has 8 heteroatoms. The van der Waals surface area contributed by atoms with E-state index in [1.165, 1.54) is 4.90 Å². The summed E-state index contributed by atoms with van der Waals surface area (Å²) >= 11 is 0. The van der Waals surface area contributed by atoms with E-state index in [2.05, 4.69) is 10.6 Å². The number of aliphatic hydroxyl groups excluding tert-OH is 1. The summed E-state index contributed by atoms with van der Waals surface area (Å²) in [4.78, 5) is 38.9. The number of rotatable bonds is 6. The minimum Gasteiger partial charge on any atom is -0.452 e. The second kappa shape index (κ2) is 9.20. The Hall–Kier alpha value is -3.39. The van der Waals surface area contributed by atoms with Crippen LogP contribution in [0.1, 0.15) is 23.7 Å². The monoisotopic (exact) mass is 397 g/mol. The number of carbonyl (C=O) groups excluding carboxylic acids is 3. The number of nitrogens with one attached hydrogen (secondary N) is 2. The third-order valence-corrected chi connectivity index (χ3v) is 4.53. The van der Waals surface area contributed by atoms with Gasteiger partial charge >= 0.3 is 5.97 Å². The SMILES string of the molecule is C[C@@H]1CC(=O)Nc2ccccc2N1C(=O)COC(=O)c1ccccc1NCCO. The van der Waals surface area contributed by atoms with Crippen molar-refractivity contribution in [1.29, 1.82) is 0 Å². The first-order valence-corrected chi connectivity index (χ1v) is 9.33. The number of nitrogens with zero attached hydrogens (tertiary/aromatic N) is 1. The molecule has 1 heterocycles. The molecule has 0 unspecified atom stereocenters. The van der Waals surface area contributed by atoms with Crippen LogP contribution in [0.15, 0.2) is 48.5 Å². The third-order valence-electron chi connectivity index (χ3n) is 4.53. The Bertz CT molecular complexity index is 915. The van der Waals surface area contributed by atoms with Gasteiger partial charge in [0.05, 0.1) is 23.5 Å². The van der Waals surface area contributed by atoms with Crippen molar-refractivity contribution in [2.45, 2.75) is 19.4 Å². The lowest BCUT2D eigenvalue weighted by atomic mass is 10.1. The minimum absolute atomic E-state index is 0.0825. The van der Waals surface area contributed by atoms with Gasteiger partial charge in [-0.2, -0.15) is 0 Å². The largest absolute Gasteiger partial charge is 0.452 e. The van der Waals surface area contributed by atoms with Gasteiger partial charge in [-0.1, -0.05) is 24.3 Å². The average molecular weight is 397 g/mol. The Morgan fingerprint density at radius 1 is 1.21 bits per heavy atom. The molecule has 1 atom stereocenters. The molecule has 3 N–H and O–H groups in total. The van der Waals surface area contributed by atoms with E-state index in [-0.39, 0.29) is 37.1 Å². The topological polar surface area (TPSA) is 108 Å². The van der Waals surface area contributed by atoms with Crippen LogP contribution in [0.5, 0.6) is 0 Å². The van der Waals surface area contributed by atoms with Gasteiger partial charge in [0.2, 0.25) is 5.91 Å². The molecule has 2 aromatic rings. The number of hydrogen-bond donors (Lipinski definition) is 3. The van der Waals surface area contributed by atoms with E-state index in [1.807, 2.05) is 0 Å². The molecular weight excluding hydrogens is 374 g/mol. The molecule has 1 aliphatic heterocycles. The number of para-hydroxylation sites is 3. The number of aliphatic hydroxyl groups is 1. The molecule has 0 aliphatic carbocycles. The first-order chi connectivity index (χ1) is 14.0. The standard InChI is InChI=1S/C21H23N3O5/c1-14-12-19(26)23-17-8-4-5-9-18(17)24(14)20(27)13-29-21(28)15-6-2-3-7-16(15)22-10-11-25/h2-9,14,22,25H,10-13H2,1H3,(H,23,26)/t14-/m1/s1. The third kappa shape index (κ3) is 4.72. The number of carbonyl (C=O) groups is 3. The van der Waals surface area contributed by atoms with E-state index < -0.39 is 18.5 Å². The van der Waals surface area contributed by atoms with Crippen molar-refractivity contribution in [3.8, 4) is 0 Å². The molecule has 0 spiro atoms. The zero-order valence-corrected chi connectivity index (χ0v) is 16.1. The number of esters is 1. The van der Waals surface area contributed by atoms with Crippen LogP contribution in [0.2, 0.25) is 0 Å². The highest BCUT2D eigenvalue weighted by Gasteiger charge is 2.30. The van der Waals surface area contributed by atoms with Crippen LogP contribution >= 0.6 is 0 Å². The highest BCUT2D eigenvalue weighted by atomic mass is 16.5. The fourth-order valence-electron chi connectivity index (χ4n) is 3.25. The van der Waals surface area contributed by atoms with Gasteiger partial charge in [0.15, 0.2) is 6.61 Å². The van der Waals surface area contributed by atoms with E-state index in [4.69, 9.17) is 9.84 Å². The van der Waals surface area contributed by atoms with Gasteiger partial charge in [-0.25, -0.2) is 4.79 Å². The molecule has 0 saturated carbocycles. The van der Waals surface area contributed by atoms with Gasteiger partial charge in [-0.3, -0.25) is 9.59 Å². The van der Waals surface area contributed by atoms with Crippen LogP contribution < -0.4 is 15.5 Å². The van der Waals surface area contributed by atoms with Crippen LogP contribution in [0.25, 0.3) is 0 Å². The lowest BCUT2D eigenvalue weighted by Crippen LogP contribution is -2.41. The molecule has 0 saturated heterocycles. The number of ether oxygens (including phenoxy) is 1. The lowest BCUT2D eigenvalue weighted by molar-refractivity contribution is -0.122. The molecule has 3 rings (SSSR count). The average Bonchev–Trinajstić information content (AvgIpc) is 2.84. The first kappa shape index (κ1) is 20.3. The Morgan fingerprint density at radius 2 is 1.93 bits per heavy atom. The summed E-state index contributed by atoms with van der Waals surface area (Å²) in [5.74, 6) is -1.25. The molecule has 2 amide bonds. The Labute approximate surface area is 168 Å². The second-order valence-electron chi connectivity index (χ2n) is 6.65. The van der Waals surface area contributed by atoms with Crippen molar-refractivity contribution in [2.75, 3.05) is 35.3 Å². The maximum atomic E-state index is 12.9. The smallest absolute Gasteiger partial charge is 0.340 e. The molecule has 29 heavy (non-hydrogen) atoms. The maximum absolute atomic E-state index is 12.9. The Balaban J connectivity index is 1.74. The van der Waals surface area contributed by atoms with Crippen molar-refractivity contribution in [2.24, 2.45) is 0 Å². The van der Waals surface area contributed by atoms with Crippen LogP contribution in [0.3, 0.4) is 0 Å². The number of fused-ring (bicyclic) bond motifs is 1. The zero-order valence-electron chi connectivity index (χ0n) is 16.1. The van der Waals surface area contributed by atoms with E-state index >= 15 is 0 Å². The van der Waals surface area contributed by atoms with Gasteiger partial charge in [-0.05, 0) is 31.2 Å². The first-order valence-electron chi connectivity index (χ1n) is 9.33. The second-order valence-corrected chi connectivity index (χ2v) is 6.65. The summed E-state index contributed by atoms with van der Waals surface area (Å²) in [5, 5.41) is 14.7. The Morgan fingerprint density at radius 3 is 2.72 bits per heavy atom. The van der Waals surface area contributed by atoms with Gasteiger partial charge in [0.1, 0.15) is 0 Å². The summed E-state index contributed by atoms with van der Waals surface area (Å²) < 4.78 is 5.26. The normalized spacial score (nSPS) is 15.7. The molecule has 8 nitrogen and oxygen atoms in total. The lowest BCUT2D eigenvalue weighted by Gasteiger charge is -2.27. The van der Waals surface area contributed by atoms with Crippen molar-refractivity contribution in [1.82, 2.24) is 0 Å². The molecule has 0 aromatic heterocycles. The van der Waals surface area contributed by atoms with E-state index in [0.717, 1.165) is 0 Å². The number of amides is 2. The predicted molar refractivity (Wildman–Crippen MR) is 109 cm³/mol. The van der Waals surface area contributed by atoms with Crippen molar-refractivity contribution < 1.29 is 24.2 Å². The molecule has 0 radical (unpaired) electrons. The van der Waals surface area contributed by atoms with E-state index in [0.29, 0.717) is 17.1 Å². The number of hydrogen-bond acceptors (Lipinski definition) is 6.